The minimum absolute atomic E-state index is 0.126. The summed E-state index contributed by atoms with van der Waals surface area (Å²) >= 11 is 0. The predicted molar refractivity (Wildman–Crippen MR) is 114 cm³/mol. The number of aliphatic hydroxyl groups is 1. The number of nitrogens with zero attached hydrogens (tertiary/aromatic N) is 2. The molecule has 2 aromatic rings. The SMILES string of the molecule is O=C1C(=O)N(CCCN2CCOCC2)C(c2cccc(F)c2)/C1=C(\O)c1ccc(F)cc1. The third-order valence-electron chi connectivity index (χ3n) is 5.80. The van der Waals surface area contributed by atoms with E-state index in [1.807, 2.05) is 0 Å². The van der Waals surface area contributed by atoms with Crippen LogP contribution in [0.15, 0.2) is 54.1 Å². The lowest BCUT2D eigenvalue weighted by Crippen LogP contribution is -2.39. The Morgan fingerprint density at radius 3 is 2.41 bits per heavy atom. The molecule has 0 spiro atoms. The van der Waals surface area contributed by atoms with Crippen LogP contribution in [0.2, 0.25) is 0 Å². The van der Waals surface area contributed by atoms with E-state index in [1.165, 1.54) is 35.2 Å². The van der Waals surface area contributed by atoms with Crippen molar-refractivity contribution in [1.29, 1.82) is 0 Å². The van der Waals surface area contributed by atoms with Gasteiger partial charge in [0.15, 0.2) is 0 Å². The lowest BCUT2D eigenvalue weighted by molar-refractivity contribution is -0.140. The maximum absolute atomic E-state index is 14.0. The highest BCUT2D eigenvalue weighted by atomic mass is 19.1. The zero-order chi connectivity index (χ0) is 22.7. The van der Waals surface area contributed by atoms with Crippen molar-refractivity contribution in [2.24, 2.45) is 0 Å². The molecular weight excluding hydrogens is 418 g/mol. The molecule has 1 N–H and O–H groups in total. The molecule has 2 aliphatic heterocycles. The summed E-state index contributed by atoms with van der Waals surface area (Å²) in [6, 6.07) is 9.69. The number of rotatable bonds is 6. The van der Waals surface area contributed by atoms with Crippen molar-refractivity contribution in [2.75, 3.05) is 39.4 Å². The van der Waals surface area contributed by atoms with Crippen LogP contribution in [-0.4, -0.2) is 66.0 Å². The number of likely N-dealkylation sites (tertiary alicyclic amines) is 1. The first kappa shape index (κ1) is 22.1. The number of morpholine rings is 1. The van der Waals surface area contributed by atoms with Gasteiger partial charge in [-0.25, -0.2) is 8.78 Å². The van der Waals surface area contributed by atoms with Crippen molar-refractivity contribution in [3.05, 3.63) is 76.9 Å². The number of carbonyl (C=O) groups excluding carboxylic acids is 2. The zero-order valence-electron chi connectivity index (χ0n) is 17.5. The number of aliphatic hydroxyl groups excluding tert-OH is 1. The fourth-order valence-electron chi connectivity index (χ4n) is 4.19. The van der Waals surface area contributed by atoms with Gasteiger partial charge in [-0.1, -0.05) is 12.1 Å². The highest BCUT2D eigenvalue weighted by molar-refractivity contribution is 6.46. The predicted octanol–water partition coefficient (Wildman–Crippen LogP) is 3.11. The maximum atomic E-state index is 14.0. The number of hydrogen-bond donors (Lipinski definition) is 1. The van der Waals surface area contributed by atoms with Gasteiger partial charge in [0.25, 0.3) is 11.7 Å². The topological polar surface area (TPSA) is 70.1 Å². The Labute approximate surface area is 184 Å². The van der Waals surface area contributed by atoms with E-state index >= 15 is 0 Å². The number of benzene rings is 2. The summed E-state index contributed by atoms with van der Waals surface area (Å²) < 4.78 is 32.7. The van der Waals surface area contributed by atoms with E-state index in [0.29, 0.717) is 25.2 Å². The Bertz CT molecular complexity index is 1030. The summed E-state index contributed by atoms with van der Waals surface area (Å²) in [4.78, 5) is 29.4. The van der Waals surface area contributed by atoms with Crippen LogP contribution in [0.3, 0.4) is 0 Å². The largest absolute Gasteiger partial charge is 0.507 e. The Morgan fingerprint density at radius 2 is 1.72 bits per heavy atom. The zero-order valence-corrected chi connectivity index (χ0v) is 17.5. The molecule has 1 atom stereocenters. The second kappa shape index (κ2) is 9.58. The first-order valence-electron chi connectivity index (χ1n) is 10.6. The van der Waals surface area contributed by atoms with Crippen LogP contribution in [-0.2, 0) is 14.3 Å². The first-order valence-corrected chi connectivity index (χ1v) is 10.6. The van der Waals surface area contributed by atoms with Crippen LogP contribution >= 0.6 is 0 Å². The summed E-state index contributed by atoms with van der Waals surface area (Å²) in [6.07, 6.45) is 0.607. The number of ketones is 1. The van der Waals surface area contributed by atoms with Crippen molar-refractivity contribution in [2.45, 2.75) is 12.5 Å². The van der Waals surface area contributed by atoms with Crippen LogP contribution in [0, 0.1) is 11.6 Å². The van der Waals surface area contributed by atoms with Crippen molar-refractivity contribution in [1.82, 2.24) is 9.80 Å². The summed E-state index contributed by atoms with van der Waals surface area (Å²) in [6.45, 7) is 3.91. The van der Waals surface area contributed by atoms with Crippen molar-refractivity contribution < 1.29 is 28.2 Å². The fraction of sp³-hybridized carbons (Fsp3) is 0.333. The number of amides is 1. The van der Waals surface area contributed by atoms with Crippen molar-refractivity contribution >= 4 is 17.4 Å². The molecule has 4 rings (SSSR count). The molecule has 0 radical (unpaired) electrons. The molecule has 2 saturated heterocycles. The van der Waals surface area contributed by atoms with Crippen LogP contribution in [0.1, 0.15) is 23.6 Å². The second-order valence-corrected chi connectivity index (χ2v) is 7.86. The molecule has 0 aromatic heterocycles. The number of Topliss-reactive ketones (excluding diaryl/α,β-unsaturated/α-hetero) is 1. The lowest BCUT2D eigenvalue weighted by Gasteiger charge is -2.29. The van der Waals surface area contributed by atoms with E-state index in [4.69, 9.17) is 4.74 Å². The number of carbonyl (C=O) groups is 2. The van der Waals surface area contributed by atoms with E-state index in [0.717, 1.165) is 31.8 Å². The smallest absolute Gasteiger partial charge is 0.295 e. The quantitative estimate of drug-likeness (QED) is 0.423. The maximum Gasteiger partial charge on any atom is 0.295 e. The van der Waals surface area contributed by atoms with Gasteiger partial charge in [0.1, 0.15) is 17.4 Å². The monoisotopic (exact) mass is 442 g/mol. The highest BCUT2D eigenvalue weighted by Crippen LogP contribution is 2.39. The molecule has 2 fully saturated rings. The van der Waals surface area contributed by atoms with E-state index in [9.17, 15) is 23.5 Å². The number of halogens is 2. The first-order chi connectivity index (χ1) is 15.5. The molecule has 0 aliphatic carbocycles. The van der Waals surface area contributed by atoms with Gasteiger partial charge in [-0.15, -0.1) is 0 Å². The van der Waals surface area contributed by atoms with Crippen LogP contribution in [0.25, 0.3) is 5.76 Å². The fourth-order valence-corrected chi connectivity index (χ4v) is 4.19. The van der Waals surface area contributed by atoms with Gasteiger partial charge >= 0.3 is 0 Å². The van der Waals surface area contributed by atoms with Gasteiger partial charge in [-0.05, 0) is 48.4 Å². The molecule has 32 heavy (non-hydrogen) atoms. The summed E-state index contributed by atoms with van der Waals surface area (Å²) in [5.41, 5.74) is 0.469. The summed E-state index contributed by atoms with van der Waals surface area (Å²) in [5.74, 6) is -3.00. The molecule has 2 aromatic carbocycles. The average Bonchev–Trinajstić information content (AvgIpc) is 3.05. The molecular formula is C24H24F2N2O4. The summed E-state index contributed by atoms with van der Waals surface area (Å²) in [7, 11) is 0. The Morgan fingerprint density at radius 1 is 1.00 bits per heavy atom. The van der Waals surface area contributed by atoms with Gasteiger partial charge in [0, 0.05) is 31.7 Å². The third-order valence-corrected chi connectivity index (χ3v) is 5.80. The third kappa shape index (κ3) is 4.56. The highest BCUT2D eigenvalue weighted by Gasteiger charge is 2.45. The molecule has 2 aliphatic rings. The van der Waals surface area contributed by atoms with Gasteiger partial charge < -0.3 is 14.7 Å². The van der Waals surface area contributed by atoms with Crippen LogP contribution in [0.4, 0.5) is 8.78 Å². The molecule has 2 heterocycles. The molecule has 0 bridgehead atoms. The standard InChI is InChI=1S/C24H24F2N2O4/c25-18-7-5-16(6-8-18)22(29)20-21(17-3-1-4-19(26)15-17)28(24(31)23(20)30)10-2-9-27-11-13-32-14-12-27/h1,3-8,15,21,29H,2,9-14H2/b22-20+. The van der Waals surface area contributed by atoms with E-state index in [2.05, 4.69) is 4.90 Å². The number of ether oxygens (including phenoxy) is 1. The van der Waals surface area contributed by atoms with Crippen molar-refractivity contribution in [3.8, 4) is 0 Å². The molecule has 1 unspecified atom stereocenters. The summed E-state index contributed by atoms with van der Waals surface area (Å²) in [5, 5.41) is 10.9. The number of hydrogen-bond acceptors (Lipinski definition) is 5. The normalized spacial score (nSPS) is 21.3. The molecule has 6 nitrogen and oxygen atoms in total. The van der Waals surface area contributed by atoms with Crippen molar-refractivity contribution in [3.63, 3.8) is 0 Å². The van der Waals surface area contributed by atoms with E-state index in [1.54, 1.807) is 6.07 Å². The van der Waals surface area contributed by atoms with E-state index in [-0.39, 0.29) is 17.7 Å². The molecule has 8 heteroatoms. The Kier molecular flexibility index (Phi) is 6.62. The van der Waals surface area contributed by atoms with Gasteiger partial charge in [0.05, 0.1) is 24.8 Å². The molecule has 168 valence electrons. The molecule has 0 saturated carbocycles. The van der Waals surface area contributed by atoms with E-state index < -0.39 is 35.1 Å². The van der Waals surface area contributed by atoms with Crippen LogP contribution < -0.4 is 0 Å². The average molecular weight is 442 g/mol. The molecule has 1 amide bonds. The minimum atomic E-state index is -0.930. The van der Waals surface area contributed by atoms with Gasteiger partial charge in [0.2, 0.25) is 0 Å². The van der Waals surface area contributed by atoms with Gasteiger partial charge in [-0.2, -0.15) is 0 Å². The lowest BCUT2D eigenvalue weighted by atomic mass is 9.95. The second-order valence-electron chi connectivity index (χ2n) is 7.86. The van der Waals surface area contributed by atoms with Gasteiger partial charge in [-0.3, -0.25) is 14.5 Å². The minimum Gasteiger partial charge on any atom is -0.507 e. The Hall–Kier alpha value is -3.10. The van der Waals surface area contributed by atoms with Crippen LogP contribution in [0.5, 0.6) is 0 Å². The Balaban J connectivity index is 1.67.